The van der Waals surface area contributed by atoms with Gasteiger partial charge < -0.3 is 5.11 Å². The van der Waals surface area contributed by atoms with Gasteiger partial charge in [-0.1, -0.05) is 71.3 Å². The molecule has 0 aromatic rings. The van der Waals surface area contributed by atoms with E-state index < -0.39 is 0 Å². The fourth-order valence-electron chi connectivity index (χ4n) is 9.02. The van der Waals surface area contributed by atoms with E-state index in [1.807, 2.05) is 11.1 Å². The second-order valence-electron chi connectivity index (χ2n) is 13.2. The molecule has 0 aromatic carbocycles. The van der Waals surface area contributed by atoms with Gasteiger partial charge in [-0.05, 0) is 111 Å². The lowest BCUT2D eigenvalue weighted by molar-refractivity contribution is -0.0410. The first-order chi connectivity index (χ1) is 14.5. The van der Waals surface area contributed by atoms with Gasteiger partial charge in [0.1, 0.15) is 0 Å². The maximum atomic E-state index is 10.6. The van der Waals surface area contributed by atoms with Crippen LogP contribution < -0.4 is 0 Å². The van der Waals surface area contributed by atoms with Crippen molar-refractivity contribution < 1.29 is 5.11 Å². The van der Waals surface area contributed by atoms with E-state index in [-0.39, 0.29) is 6.10 Å². The molecule has 0 heterocycles. The van der Waals surface area contributed by atoms with Gasteiger partial charge in [0, 0.05) is 0 Å². The highest BCUT2D eigenvalue weighted by atomic mass is 16.3. The smallest absolute Gasteiger partial charge is 0.0569 e. The summed E-state index contributed by atoms with van der Waals surface area (Å²) in [5.41, 5.74) is 6.49. The molecule has 176 valence electrons. The first-order valence-corrected chi connectivity index (χ1v) is 13.5. The van der Waals surface area contributed by atoms with Crippen molar-refractivity contribution >= 4 is 0 Å². The monoisotopic (exact) mass is 426 g/mol. The Hall–Kier alpha value is -0.560. The molecular formula is C30H50O. The van der Waals surface area contributed by atoms with Crippen molar-refractivity contribution in [1.82, 2.24) is 0 Å². The molecule has 4 rings (SSSR count). The maximum absolute atomic E-state index is 10.6. The van der Waals surface area contributed by atoms with Crippen LogP contribution in [0.5, 0.6) is 0 Å². The maximum Gasteiger partial charge on any atom is 0.0569 e. The molecule has 4 aliphatic carbocycles. The van der Waals surface area contributed by atoms with Crippen LogP contribution in [0, 0.1) is 45.8 Å². The standard InChI is InChI=1S/C30H50O/c1-19(2)20(3)9-10-21(4)23-13-17-30(8)26-12-11-24-22(5)27(31)15-16-28(24,6)25(26)14-18-29(23,30)7/h9,19,21-24,27,31H,10-18H2,1-8H3/b20-9+. The van der Waals surface area contributed by atoms with Crippen LogP contribution in [0.15, 0.2) is 22.8 Å². The van der Waals surface area contributed by atoms with Crippen LogP contribution >= 0.6 is 0 Å². The molecule has 2 fully saturated rings. The van der Waals surface area contributed by atoms with Crippen molar-refractivity contribution in [3.05, 3.63) is 22.8 Å². The summed E-state index contributed by atoms with van der Waals surface area (Å²) in [4.78, 5) is 0. The first-order valence-electron chi connectivity index (χ1n) is 13.5. The molecule has 0 saturated heterocycles. The number of hydrogen-bond acceptors (Lipinski definition) is 1. The normalized spacial score (nSPS) is 46.6. The number of fused-ring (bicyclic) bond motifs is 4. The number of rotatable bonds is 4. The number of allylic oxidation sites excluding steroid dienone is 4. The van der Waals surface area contributed by atoms with Gasteiger partial charge in [-0.2, -0.15) is 0 Å². The molecule has 0 aliphatic heterocycles. The molecule has 0 radical (unpaired) electrons. The van der Waals surface area contributed by atoms with Crippen LogP contribution in [0.1, 0.15) is 113 Å². The van der Waals surface area contributed by atoms with E-state index in [0.717, 1.165) is 18.3 Å². The van der Waals surface area contributed by atoms with Gasteiger partial charge in [-0.25, -0.2) is 0 Å². The number of aliphatic hydroxyl groups is 1. The minimum atomic E-state index is -0.0799. The summed E-state index contributed by atoms with van der Waals surface area (Å²) in [7, 11) is 0. The van der Waals surface area contributed by atoms with Gasteiger partial charge >= 0.3 is 0 Å². The molecule has 1 nitrogen and oxygen atoms in total. The van der Waals surface area contributed by atoms with E-state index in [1.54, 1.807) is 5.57 Å². The lowest BCUT2D eigenvalue weighted by atomic mass is 9.45. The number of aliphatic hydroxyl groups excluding tert-OH is 1. The molecule has 1 heteroatoms. The third-order valence-corrected chi connectivity index (χ3v) is 11.8. The van der Waals surface area contributed by atoms with Gasteiger partial charge in [0.25, 0.3) is 0 Å². The minimum absolute atomic E-state index is 0.0799. The molecule has 8 atom stereocenters. The van der Waals surface area contributed by atoms with E-state index in [1.165, 1.54) is 51.4 Å². The fraction of sp³-hybridized carbons (Fsp3) is 0.867. The van der Waals surface area contributed by atoms with Gasteiger partial charge in [0.2, 0.25) is 0 Å². The molecular weight excluding hydrogens is 376 g/mol. The van der Waals surface area contributed by atoms with Crippen LogP contribution in [0.4, 0.5) is 0 Å². The minimum Gasteiger partial charge on any atom is -0.393 e. The van der Waals surface area contributed by atoms with E-state index in [9.17, 15) is 5.11 Å². The number of hydrogen-bond donors (Lipinski definition) is 1. The highest BCUT2D eigenvalue weighted by Crippen LogP contribution is 2.71. The Kier molecular flexibility index (Phi) is 6.11. The van der Waals surface area contributed by atoms with Crippen molar-refractivity contribution in [1.29, 1.82) is 0 Å². The Balaban J connectivity index is 1.63. The first kappa shape index (κ1) is 23.6. The molecule has 0 bridgehead atoms. The quantitative estimate of drug-likeness (QED) is 0.448. The Morgan fingerprint density at radius 2 is 1.71 bits per heavy atom. The Morgan fingerprint density at radius 3 is 2.39 bits per heavy atom. The van der Waals surface area contributed by atoms with Crippen molar-refractivity contribution in [3.63, 3.8) is 0 Å². The van der Waals surface area contributed by atoms with Crippen LogP contribution in [-0.4, -0.2) is 11.2 Å². The van der Waals surface area contributed by atoms with Gasteiger partial charge in [-0.15, -0.1) is 0 Å². The molecule has 31 heavy (non-hydrogen) atoms. The Bertz CT molecular complexity index is 758. The molecule has 0 amide bonds. The SMILES string of the molecule is C/C(=C\CC(C)C1CCC2(C)C3=C(CCC12C)C1(C)CCC(O)C(C)C1CC3)C(C)C. The van der Waals surface area contributed by atoms with Gasteiger partial charge in [-0.3, -0.25) is 0 Å². The second kappa shape index (κ2) is 8.03. The van der Waals surface area contributed by atoms with Crippen molar-refractivity contribution in [2.75, 3.05) is 0 Å². The van der Waals surface area contributed by atoms with Crippen LogP contribution in [0.25, 0.3) is 0 Å². The summed E-state index contributed by atoms with van der Waals surface area (Å²) in [5, 5.41) is 10.6. The molecule has 0 aromatic heterocycles. The predicted octanol–water partition coefficient (Wildman–Crippen LogP) is 8.34. The molecule has 1 N–H and O–H groups in total. The van der Waals surface area contributed by atoms with Gasteiger partial charge in [0.15, 0.2) is 0 Å². The Morgan fingerprint density at radius 1 is 1.00 bits per heavy atom. The van der Waals surface area contributed by atoms with Crippen molar-refractivity contribution in [3.8, 4) is 0 Å². The lowest BCUT2D eigenvalue weighted by Crippen LogP contribution is -2.51. The predicted molar refractivity (Wildman–Crippen MR) is 133 cm³/mol. The molecule has 4 aliphatic rings. The van der Waals surface area contributed by atoms with E-state index >= 15 is 0 Å². The van der Waals surface area contributed by atoms with Crippen LogP contribution in [0.3, 0.4) is 0 Å². The zero-order valence-electron chi connectivity index (χ0n) is 21.9. The topological polar surface area (TPSA) is 20.2 Å². The van der Waals surface area contributed by atoms with Gasteiger partial charge in [0.05, 0.1) is 6.10 Å². The highest BCUT2D eigenvalue weighted by molar-refractivity contribution is 5.38. The van der Waals surface area contributed by atoms with Crippen LogP contribution in [-0.2, 0) is 0 Å². The van der Waals surface area contributed by atoms with Crippen LogP contribution in [0.2, 0.25) is 0 Å². The van der Waals surface area contributed by atoms with E-state index in [0.29, 0.717) is 34.0 Å². The zero-order chi connectivity index (χ0) is 22.8. The summed E-state index contributed by atoms with van der Waals surface area (Å²) in [6.45, 7) is 19.7. The summed E-state index contributed by atoms with van der Waals surface area (Å²) in [6.07, 6.45) is 14.0. The zero-order valence-corrected chi connectivity index (χ0v) is 21.9. The largest absolute Gasteiger partial charge is 0.393 e. The van der Waals surface area contributed by atoms with Crippen molar-refractivity contribution in [2.45, 2.75) is 119 Å². The summed E-state index contributed by atoms with van der Waals surface area (Å²) in [6, 6.07) is 0. The molecule has 2 saturated carbocycles. The average molecular weight is 427 g/mol. The third-order valence-electron chi connectivity index (χ3n) is 11.8. The van der Waals surface area contributed by atoms with E-state index in [2.05, 4.69) is 61.5 Å². The summed E-state index contributed by atoms with van der Waals surface area (Å²) < 4.78 is 0. The fourth-order valence-corrected chi connectivity index (χ4v) is 9.02. The Labute approximate surface area is 193 Å². The molecule has 0 spiro atoms. The van der Waals surface area contributed by atoms with Crippen molar-refractivity contribution in [2.24, 2.45) is 45.8 Å². The van der Waals surface area contributed by atoms with E-state index in [4.69, 9.17) is 0 Å². The summed E-state index contributed by atoms with van der Waals surface area (Å²) >= 11 is 0. The molecule has 8 unspecified atom stereocenters. The summed E-state index contributed by atoms with van der Waals surface area (Å²) in [5.74, 6) is 3.44. The lowest BCUT2D eigenvalue weighted by Gasteiger charge is -2.60. The second-order valence-corrected chi connectivity index (χ2v) is 13.2. The third kappa shape index (κ3) is 3.43. The highest BCUT2D eigenvalue weighted by Gasteiger charge is 2.62. The average Bonchev–Trinajstić information content (AvgIpc) is 3.00.